The second-order valence-electron chi connectivity index (χ2n) is 6.17. The lowest BCUT2D eigenvalue weighted by Gasteiger charge is -2.16. The molecular formula is C20H22N4O3. The first-order valence-corrected chi connectivity index (χ1v) is 8.83. The van der Waals surface area contributed by atoms with E-state index in [1.54, 1.807) is 6.07 Å². The third-order valence-electron chi connectivity index (χ3n) is 4.11. The van der Waals surface area contributed by atoms with Gasteiger partial charge in [0.25, 0.3) is 5.69 Å². The largest absolute Gasteiger partial charge is 0.459 e. The van der Waals surface area contributed by atoms with Gasteiger partial charge in [-0.15, -0.1) is 0 Å². The normalized spacial score (nSPS) is 12.7. The first-order chi connectivity index (χ1) is 13.1. The van der Waals surface area contributed by atoms with Gasteiger partial charge in [0, 0.05) is 24.1 Å². The van der Waals surface area contributed by atoms with Crippen LogP contribution >= 0.6 is 0 Å². The van der Waals surface area contributed by atoms with Gasteiger partial charge >= 0.3 is 0 Å². The number of nitrogens with zero attached hydrogens (tertiary/aromatic N) is 2. The minimum atomic E-state index is -0.402. The topological polar surface area (TPSA) is 92.7 Å². The SMILES string of the molecule is CCNC(=NCc1cccc([N+](=O)[O-])c1)NC(C)c1cc2ccccc2o1. The van der Waals surface area contributed by atoms with Crippen molar-refractivity contribution in [3.8, 4) is 0 Å². The van der Waals surface area contributed by atoms with Crippen molar-refractivity contribution in [2.75, 3.05) is 6.54 Å². The lowest BCUT2D eigenvalue weighted by Crippen LogP contribution is -2.38. The number of nitrogens with one attached hydrogen (secondary N) is 2. The predicted octanol–water partition coefficient (Wildman–Crippen LogP) is 4.16. The Kier molecular flexibility index (Phi) is 5.71. The fourth-order valence-corrected chi connectivity index (χ4v) is 2.75. The maximum atomic E-state index is 10.9. The molecule has 3 aromatic rings. The minimum Gasteiger partial charge on any atom is -0.459 e. The van der Waals surface area contributed by atoms with Crippen LogP contribution in [0.5, 0.6) is 0 Å². The van der Waals surface area contributed by atoms with Gasteiger partial charge in [-0.3, -0.25) is 10.1 Å². The number of nitro groups is 1. The van der Waals surface area contributed by atoms with Crippen LogP contribution in [0.1, 0.15) is 31.2 Å². The Morgan fingerprint density at radius 2 is 2.04 bits per heavy atom. The molecule has 7 nitrogen and oxygen atoms in total. The maximum absolute atomic E-state index is 10.9. The molecule has 0 aliphatic heterocycles. The van der Waals surface area contributed by atoms with Crippen LogP contribution < -0.4 is 10.6 Å². The molecule has 0 aliphatic carbocycles. The number of fused-ring (bicyclic) bond motifs is 1. The second kappa shape index (κ2) is 8.35. The van der Waals surface area contributed by atoms with Gasteiger partial charge in [0.15, 0.2) is 5.96 Å². The third kappa shape index (κ3) is 4.63. The number of aliphatic imine (C=N–C) groups is 1. The summed E-state index contributed by atoms with van der Waals surface area (Å²) in [5.74, 6) is 1.44. The summed E-state index contributed by atoms with van der Waals surface area (Å²) in [6, 6.07) is 16.3. The van der Waals surface area contributed by atoms with Crippen molar-refractivity contribution in [2.45, 2.75) is 26.4 Å². The summed E-state index contributed by atoms with van der Waals surface area (Å²) in [5.41, 5.74) is 1.69. The highest BCUT2D eigenvalue weighted by Gasteiger charge is 2.13. The van der Waals surface area contributed by atoms with Gasteiger partial charge in [-0.25, -0.2) is 4.99 Å². The molecule has 0 spiro atoms. The molecule has 140 valence electrons. The van der Waals surface area contributed by atoms with Gasteiger partial charge in [0.05, 0.1) is 17.5 Å². The van der Waals surface area contributed by atoms with Crippen LogP contribution in [-0.2, 0) is 6.54 Å². The quantitative estimate of drug-likeness (QED) is 0.296. The smallest absolute Gasteiger partial charge is 0.269 e. The summed E-state index contributed by atoms with van der Waals surface area (Å²) in [4.78, 5) is 15.0. The highest BCUT2D eigenvalue weighted by molar-refractivity contribution is 5.81. The molecule has 0 bridgehead atoms. The summed E-state index contributed by atoms with van der Waals surface area (Å²) < 4.78 is 5.89. The molecule has 1 heterocycles. The zero-order chi connectivity index (χ0) is 19.2. The van der Waals surface area contributed by atoms with Crippen molar-refractivity contribution in [1.29, 1.82) is 0 Å². The third-order valence-corrected chi connectivity index (χ3v) is 4.11. The average Bonchev–Trinajstić information content (AvgIpc) is 3.11. The molecule has 2 N–H and O–H groups in total. The molecule has 2 aromatic carbocycles. The van der Waals surface area contributed by atoms with Gasteiger partial charge in [-0.05, 0) is 31.5 Å². The number of hydrogen-bond acceptors (Lipinski definition) is 4. The number of rotatable bonds is 6. The number of para-hydroxylation sites is 1. The van der Waals surface area contributed by atoms with Crippen LogP contribution in [0.4, 0.5) is 5.69 Å². The molecule has 3 rings (SSSR count). The van der Waals surface area contributed by atoms with E-state index in [2.05, 4.69) is 15.6 Å². The molecule has 0 radical (unpaired) electrons. The molecule has 27 heavy (non-hydrogen) atoms. The van der Waals surface area contributed by atoms with Crippen LogP contribution in [0.3, 0.4) is 0 Å². The lowest BCUT2D eigenvalue weighted by atomic mass is 10.2. The van der Waals surface area contributed by atoms with Gasteiger partial charge < -0.3 is 15.1 Å². The Morgan fingerprint density at radius 1 is 1.22 bits per heavy atom. The van der Waals surface area contributed by atoms with Crippen molar-refractivity contribution >= 4 is 22.6 Å². The number of non-ortho nitro benzene ring substituents is 1. The standard InChI is InChI=1S/C20H22N4O3/c1-3-21-20(22-13-15-7-6-9-17(11-15)24(25)26)23-14(2)19-12-16-8-4-5-10-18(16)27-19/h4-12,14H,3,13H2,1-2H3,(H2,21,22,23). The molecular weight excluding hydrogens is 344 g/mol. The van der Waals surface area contributed by atoms with E-state index >= 15 is 0 Å². The van der Waals surface area contributed by atoms with Crippen molar-refractivity contribution in [3.05, 3.63) is 76.0 Å². The molecule has 0 fully saturated rings. The molecule has 0 aliphatic rings. The van der Waals surface area contributed by atoms with Crippen LogP contribution in [0.15, 0.2) is 64.0 Å². The number of benzene rings is 2. The minimum absolute atomic E-state index is 0.0660. The van der Waals surface area contributed by atoms with Crippen molar-refractivity contribution in [1.82, 2.24) is 10.6 Å². The number of nitro benzene ring substituents is 1. The van der Waals surface area contributed by atoms with E-state index in [1.807, 2.05) is 50.2 Å². The summed E-state index contributed by atoms with van der Waals surface area (Å²) in [5, 5.41) is 18.5. The Bertz CT molecular complexity index is 932. The number of furan rings is 1. The molecule has 1 aromatic heterocycles. The van der Waals surface area contributed by atoms with E-state index in [0.717, 1.165) is 22.3 Å². The molecule has 1 unspecified atom stereocenters. The average molecular weight is 366 g/mol. The molecule has 7 heteroatoms. The van der Waals surface area contributed by atoms with E-state index in [9.17, 15) is 10.1 Å². The second-order valence-corrected chi connectivity index (χ2v) is 6.17. The zero-order valence-corrected chi connectivity index (χ0v) is 15.3. The first-order valence-electron chi connectivity index (χ1n) is 8.83. The molecule has 1 atom stereocenters. The van der Waals surface area contributed by atoms with Crippen molar-refractivity contribution < 1.29 is 9.34 Å². The fourth-order valence-electron chi connectivity index (χ4n) is 2.75. The van der Waals surface area contributed by atoms with E-state index < -0.39 is 4.92 Å². The van der Waals surface area contributed by atoms with Gasteiger partial charge in [-0.2, -0.15) is 0 Å². The number of guanidine groups is 1. The lowest BCUT2D eigenvalue weighted by molar-refractivity contribution is -0.384. The van der Waals surface area contributed by atoms with Gasteiger partial charge in [0.1, 0.15) is 11.3 Å². The van der Waals surface area contributed by atoms with E-state index in [4.69, 9.17) is 4.42 Å². The molecule has 0 saturated carbocycles. The highest BCUT2D eigenvalue weighted by atomic mass is 16.6. The van der Waals surface area contributed by atoms with Crippen LogP contribution in [-0.4, -0.2) is 17.4 Å². The summed E-state index contributed by atoms with van der Waals surface area (Å²) in [7, 11) is 0. The van der Waals surface area contributed by atoms with E-state index in [1.165, 1.54) is 12.1 Å². The highest BCUT2D eigenvalue weighted by Crippen LogP contribution is 2.23. The van der Waals surface area contributed by atoms with Gasteiger partial charge in [-0.1, -0.05) is 30.3 Å². The van der Waals surface area contributed by atoms with E-state index in [0.29, 0.717) is 19.0 Å². The zero-order valence-electron chi connectivity index (χ0n) is 15.3. The van der Waals surface area contributed by atoms with Crippen LogP contribution in [0, 0.1) is 10.1 Å². The Balaban J connectivity index is 1.73. The summed E-state index contributed by atoms with van der Waals surface area (Å²) in [6.45, 7) is 5.02. The molecule has 0 saturated heterocycles. The first kappa shape index (κ1) is 18.4. The Morgan fingerprint density at radius 3 is 2.78 bits per heavy atom. The Labute approximate surface area is 157 Å². The monoisotopic (exact) mass is 366 g/mol. The van der Waals surface area contributed by atoms with E-state index in [-0.39, 0.29) is 11.7 Å². The number of hydrogen-bond donors (Lipinski definition) is 2. The van der Waals surface area contributed by atoms with Crippen LogP contribution in [0.25, 0.3) is 11.0 Å². The van der Waals surface area contributed by atoms with Gasteiger partial charge in [0.2, 0.25) is 0 Å². The fraction of sp³-hybridized carbons (Fsp3) is 0.250. The predicted molar refractivity (Wildman–Crippen MR) is 106 cm³/mol. The molecule has 0 amide bonds. The van der Waals surface area contributed by atoms with Crippen molar-refractivity contribution in [2.24, 2.45) is 4.99 Å². The summed E-state index contributed by atoms with van der Waals surface area (Å²) in [6.07, 6.45) is 0. The Hall–Kier alpha value is -3.35. The summed E-state index contributed by atoms with van der Waals surface area (Å²) >= 11 is 0. The maximum Gasteiger partial charge on any atom is 0.269 e. The van der Waals surface area contributed by atoms with Crippen molar-refractivity contribution in [3.63, 3.8) is 0 Å². The van der Waals surface area contributed by atoms with Crippen LogP contribution in [0.2, 0.25) is 0 Å².